The molecule has 0 amide bonds. The van der Waals surface area contributed by atoms with Crippen molar-refractivity contribution in [2.75, 3.05) is 0 Å². The molecule has 0 aliphatic rings. The number of aromatic nitrogens is 2. The average molecular weight is 354 g/mol. The molecule has 0 saturated heterocycles. The van der Waals surface area contributed by atoms with Gasteiger partial charge in [0.25, 0.3) is 0 Å². The number of hydrogen-bond acceptors (Lipinski definition) is 4. The molecule has 132 valence electrons. The van der Waals surface area contributed by atoms with E-state index in [0.29, 0.717) is 5.69 Å². The van der Waals surface area contributed by atoms with Gasteiger partial charge in [-0.3, -0.25) is 14.8 Å². The number of carbonyl (C=O) groups is 1. The lowest BCUT2D eigenvalue weighted by atomic mass is 10.1. The number of hydrogen-bond donors (Lipinski definition) is 0. The number of fused-ring (bicyclic) bond motifs is 2. The maximum Gasteiger partial charge on any atom is 0.169 e. The van der Waals surface area contributed by atoms with E-state index in [1.54, 1.807) is 18.7 Å². The van der Waals surface area contributed by atoms with Gasteiger partial charge in [-0.15, -0.1) is 0 Å². The van der Waals surface area contributed by atoms with Crippen molar-refractivity contribution < 1.29 is 9.21 Å². The Bertz CT molecular complexity index is 1020. The number of pyridine rings is 2. The molecule has 0 atom stereocenters. The molecule has 0 unspecified atom stereocenters. The summed E-state index contributed by atoms with van der Waals surface area (Å²) in [5.74, 6) is 0. The molecular weight excluding hydrogens is 336 g/mol. The highest BCUT2D eigenvalue weighted by Crippen LogP contribution is 2.14. The molecule has 0 aliphatic carbocycles. The minimum absolute atomic E-state index is 0.508. The third-order valence-corrected chi connectivity index (χ3v) is 3.75. The second kappa shape index (κ2) is 9.63. The van der Waals surface area contributed by atoms with Crippen LogP contribution in [0.2, 0.25) is 0 Å². The van der Waals surface area contributed by atoms with Crippen molar-refractivity contribution in [1.29, 1.82) is 0 Å². The maximum atomic E-state index is 10.6. The Hall–Kier alpha value is -3.79. The fourth-order valence-corrected chi connectivity index (χ4v) is 2.48. The Morgan fingerprint density at radius 3 is 2.07 bits per heavy atom. The van der Waals surface area contributed by atoms with E-state index >= 15 is 0 Å². The van der Waals surface area contributed by atoms with Gasteiger partial charge in [-0.25, -0.2) is 0 Å². The number of rotatable bonds is 1. The molecule has 3 heterocycles. The van der Waals surface area contributed by atoms with Gasteiger partial charge in [0.15, 0.2) is 6.29 Å². The van der Waals surface area contributed by atoms with Crippen LogP contribution in [0.5, 0.6) is 0 Å². The van der Waals surface area contributed by atoms with Gasteiger partial charge >= 0.3 is 0 Å². The molecule has 0 fully saturated rings. The number of aldehydes is 1. The van der Waals surface area contributed by atoms with E-state index in [-0.39, 0.29) is 0 Å². The zero-order valence-corrected chi connectivity index (χ0v) is 14.6. The summed E-state index contributed by atoms with van der Waals surface area (Å²) < 4.78 is 4.58. The monoisotopic (exact) mass is 354 g/mol. The molecule has 0 radical (unpaired) electrons. The Morgan fingerprint density at radius 2 is 1.37 bits per heavy atom. The first-order valence-electron chi connectivity index (χ1n) is 8.44. The number of para-hydroxylation sites is 1. The minimum Gasteiger partial charge on any atom is -0.473 e. The van der Waals surface area contributed by atoms with Gasteiger partial charge < -0.3 is 4.42 Å². The first-order valence-corrected chi connectivity index (χ1v) is 8.44. The van der Waals surface area contributed by atoms with Crippen molar-refractivity contribution in [2.45, 2.75) is 0 Å². The molecule has 0 aliphatic heterocycles. The third-order valence-electron chi connectivity index (χ3n) is 3.75. The van der Waals surface area contributed by atoms with Crippen LogP contribution in [-0.2, 0) is 0 Å². The van der Waals surface area contributed by atoms with Crippen LogP contribution in [0.3, 0.4) is 0 Å². The molecule has 27 heavy (non-hydrogen) atoms. The van der Waals surface area contributed by atoms with E-state index < -0.39 is 0 Å². The van der Waals surface area contributed by atoms with Crippen LogP contribution in [0, 0.1) is 0 Å². The predicted octanol–water partition coefficient (Wildman–Crippen LogP) is 5.56. The van der Waals surface area contributed by atoms with Gasteiger partial charge in [0.2, 0.25) is 0 Å². The van der Waals surface area contributed by atoms with E-state index in [1.807, 2.05) is 72.9 Å². The SMILES string of the molecule is O=Cc1nccc2ccccc12.c1ccc2ncccc2c1.c1ccoc1. The topological polar surface area (TPSA) is 56.0 Å². The van der Waals surface area contributed by atoms with Crippen LogP contribution < -0.4 is 0 Å². The molecule has 3 aromatic heterocycles. The van der Waals surface area contributed by atoms with Gasteiger partial charge in [0.05, 0.1) is 18.0 Å². The fourth-order valence-electron chi connectivity index (χ4n) is 2.48. The van der Waals surface area contributed by atoms with Crippen molar-refractivity contribution in [3.8, 4) is 0 Å². The standard InChI is InChI=1S/C10H7NO.C9H7N.C4H4O/c12-7-10-9-4-2-1-3-8(9)5-6-11-10;1-2-6-9-8(4-1)5-3-7-10-9;1-2-4-5-3-1/h1-7H;1-7H;1-4H. The highest BCUT2D eigenvalue weighted by molar-refractivity contribution is 5.95. The molecule has 4 nitrogen and oxygen atoms in total. The molecule has 0 N–H and O–H groups in total. The van der Waals surface area contributed by atoms with E-state index in [4.69, 9.17) is 0 Å². The Morgan fingerprint density at radius 1 is 0.667 bits per heavy atom. The van der Waals surface area contributed by atoms with Crippen molar-refractivity contribution >= 4 is 28.0 Å². The maximum absolute atomic E-state index is 10.6. The van der Waals surface area contributed by atoms with Gasteiger partial charge in [-0.05, 0) is 35.7 Å². The van der Waals surface area contributed by atoms with Crippen molar-refractivity contribution in [2.24, 2.45) is 0 Å². The van der Waals surface area contributed by atoms with E-state index in [2.05, 4.69) is 26.5 Å². The van der Waals surface area contributed by atoms with Crippen LogP contribution in [0.25, 0.3) is 21.7 Å². The second-order valence-corrected chi connectivity index (χ2v) is 5.52. The van der Waals surface area contributed by atoms with E-state index in [0.717, 1.165) is 22.6 Å². The summed E-state index contributed by atoms with van der Waals surface area (Å²) in [7, 11) is 0. The van der Waals surface area contributed by atoms with Crippen LogP contribution in [-0.4, -0.2) is 16.3 Å². The molecular formula is C23H18N2O2. The van der Waals surface area contributed by atoms with E-state index in [1.165, 1.54) is 5.39 Å². The van der Waals surface area contributed by atoms with Crippen LogP contribution >= 0.6 is 0 Å². The van der Waals surface area contributed by atoms with Crippen molar-refractivity contribution in [1.82, 2.24) is 9.97 Å². The average Bonchev–Trinajstić information content (AvgIpc) is 3.34. The Balaban J connectivity index is 0.000000126. The summed E-state index contributed by atoms with van der Waals surface area (Å²) in [6, 6.07) is 25.3. The lowest BCUT2D eigenvalue weighted by molar-refractivity contribution is 0.112. The van der Waals surface area contributed by atoms with Crippen LogP contribution in [0.4, 0.5) is 0 Å². The molecule has 0 bridgehead atoms. The first kappa shape index (κ1) is 18.0. The molecule has 0 saturated carbocycles. The van der Waals surface area contributed by atoms with Gasteiger partial charge in [0.1, 0.15) is 5.69 Å². The van der Waals surface area contributed by atoms with Crippen LogP contribution in [0.1, 0.15) is 10.5 Å². The zero-order valence-electron chi connectivity index (χ0n) is 14.6. The molecule has 5 aromatic rings. The predicted molar refractivity (Wildman–Crippen MR) is 108 cm³/mol. The number of furan rings is 1. The van der Waals surface area contributed by atoms with Crippen molar-refractivity contribution in [3.63, 3.8) is 0 Å². The lowest BCUT2D eigenvalue weighted by Gasteiger charge is -1.97. The van der Waals surface area contributed by atoms with Gasteiger partial charge in [0, 0.05) is 23.2 Å². The lowest BCUT2D eigenvalue weighted by Crippen LogP contribution is -1.86. The summed E-state index contributed by atoms with van der Waals surface area (Å²) >= 11 is 0. The number of nitrogens with zero attached hydrogens (tertiary/aromatic N) is 2. The highest BCUT2D eigenvalue weighted by Gasteiger charge is 1.97. The summed E-state index contributed by atoms with van der Waals surface area (Å²) in [6.07, 6.45) is 7.48. The summed E-state index contributed by atoms with van der Waals surface area (Å²) in [4.78, 5) is 18.7. The fraction of sp³-hybridized carbons (Fsp3) is 0. The highest BCUT2D eigenvalue weighted by atomic mass is 16.3. The quantitative estimate of drug-likeness (QED) is 0.370. The molecule has 4 heteroatoms. The smallest absolute Gasteiger partial charge is 0.169 e. The molecule has 5 rings (SSSR count). The minimum atomic E-state index is 0.508. The molecule has 2 aromatic carbocycles. The van der Waals surface area contributed by atoms with Gasteiger partial charge in [-0.1, -0.05) is 48.5 Å². The largest absolute Gasteiger partial charge is 0.473 e. The summed E-state index contributed by atoms with van der Waals surface area (Å²) in [6.45, 7) is 0. The summed E-state index contributed by atoms with van der Waals surface area (Å²) in [5.41, 5.74) is 1.57. The third kappa shape index (κ3) is 5.09. The number of carbonyl (C=O) groups excluding carboxylic acids is 1. The normalized spacial score (nSPS) is 9.63. The Labute approximate surface area is 157 Å². The van der Waals surface area contributed by atoms with Gasteiger partial charge in [-0.2, -0.15) is 0 Å². The molecule has 0 spiro atoms. The second-order valence-electron chi connectivity index (χ2n) is 5.52. The first-order chi connectivity index (χ1) is 13.4. The van der Waals surface area contributed by atoms with E-state index in [9.17, 15) is 4.79 Å². The van der Waals surface area contributed by atoms with Crippen molar-refractivity contribution in [3.05, 3.63) is 109 Å². The number of benzene rings is 2. The van der Waals surface area contributed by atoms with Crippen LogP contribution in [0.15, 0.2) is 108 Å². The summed E-state index contributed by atoms with van der Waals surface area (Å²) in [5, 5.41) is 3.16. The Kier molecular flexibility index (Phi) is 6.43. The zero-order chi connectivity index (χ0) is 18.7.